The van der Waals surface area contributed by atoms with E-state index in [0.29, 0.717) is 12.5 Å². The molecule has 3 heteroatoms. The standard InChI is InChI=1S/C6H7NO.C4H8O/c1-8-6-3-2-4-7-5-6;5-3-4-1-2-4/h2-5H,1H3;4-5H,1-3H2. The van der Waals surface area contributed by atoms with E-state index in [2.05, 4.69) is 4.98 Å². The number of nitrogens with zero attached hydrogens (tertiary/aromatic N) is 1. The van der Waals surface area contributed by atoms with Crippen LogP contribution in [0.5, 0.6) is 5.75 Å². The fraction of sp³-hybridized carbons (Fsp3) is 0.500. The minimum atomic E-state index is 0.417. The number of ether oxygens (including phenoxy) is 1. The molecule has 0 aromatic carbocycles. The number of methoxy groups -OCH3 is 1. The van der Waals surface area contributed by atoms with Crippen LogP contribution in [0.25, 0.3) is 0 Å². The van der Waals surface area contributed by atoms with Gasteiger partial charge in [-0.05, 0) is 30.9 Å². The molecule has 1 N–H and O–H groups in total. The molecule has 13 heavy (non-hydrogen) atoms. The normalized spacial score (nSPS) is 14.3. The summed E-state index contributed by atoms with van der Waals surface area (Å²) >= 11 is 0. The molecule has 0 bridgehead atoms. The van der Waals surface area contributed by atoms with E-state index in [1.807, 2.05) is 12.1 Å². The molecule has 1 aromatic heterocycles. The van der Waals surface area contributed by atoms with Gasteiger partial charge >= 0.3 is 0 Å². The van der Waals surface area contributed by atoms with Crippen molar-refractivity contribution in [1.29, 1.82) is 0 Å². The van der Waals surface area contributed by atoms with E-state index in [-0.39, 0.29) is 0 Å². The zero-order valence-corrected chi connectivity index (χ0v) is 7.81. The summed E-state index contributed by atoms with van der Waals surface area (Å²) in [6, 6.07) is 3.69. The van der Waals surface area contributed by atoms with Crippen LogP contribution in [0.4, 0.5) is 0 Å². The van der Waals surface area contributed by atoms with E-state index in [9.17, 15) is 0 Å². The van der Waals surface area contributed by atoms with Crippen molar-refractivity contribution in [2.24, 2.45) is 5.92 Å². The van der Waals surface area contributed by atoms with Gasteiger partial charge in [-0.1, -0.05) is 0 Å². The van der Waals surface area contributed by atoms with Crippen molar-refractivity contribution >= 4 is 0 Å². The lowest BCUT2D eigenvalue weighted by atomic mass is 10.5. The van der Waals surface area contributed by atoms with Crippen LogP contribution < -0.4 is 4.74 Å². The topological polar surface area (TPSA) is 42.4 Å². The van der Waals surface area contributed by atoms with Gasteiger partial charge in [0, 0.05) is 12.8 Å². The Morgan fingerprint density at radius 2 is 2.38 bits per heavy atom. The second-order valence-corrected chi connectivity index (χ2v) is 3.02. The summed E-state index contributed by atoms with van der Waals surface area (Å²) in [7, 11) is 1.62. The van der Waals surface area contributed by atoms with Crippen LogP contribution >= 0.6 is 0 Å². The molecule has 0 aliphatic heterocycles. The van der Waals surface area contributed by atoms with Gasteiger partial charge in [-0.15, -0.1) is 0 Å². The Bertz CT molecular complexity index is 222. The lowest BCUT2D eigenvalue weighted by molar-refractivity contribution is 0.277. The van der Waals surface area contributed by atoms with E-state index in [4.69, 9.17) is 9.84 Å². The number of aliphatic hydroxyl groups excluding tert-OH is 1. The van der Waals surface area contributed by atoms with Gasteiger partial charge in [0.15, 0.2) is 0 Å². The highest BCUT2D eigenvalue weighted by molar-refractivity contribution is 5.14. The molecule has 1 heterocycles. The van der Waals surface area contributed by atoms with E-state index < -0.39 is 0 Å². The number of pyridine rings is 1. The molecular weight excluding hydrogens is 166 g/mol. The predicted octanol–water partition coefficient (Wildman–Crippen LogP) is 1.48. The van der Waals surface area contributed by atoms with Gasteiger partial charge in [-0.25, -0.2) is 0 Å². The second kappa shape index (κ2) is 5.54. The minimum Gasteiger partial charge on any atom is -0.495 e. The van der Waals surface area contributed by atoms with Crippen molar-refractivity contribution in [3.8, 4) is 5.75 Å². The Labute approximate surface area is 78.4 Å². The van der Waals surface area contributed by atoms with E-state index in [1.54, 1.807) is 19.5 Å². The van der Waals surface area contributed by atoms with Crippen LogP contribution in [0.1, 0.15) is 12.8 Å². The van der Waals surface area contributed by atoms with Gasteiger partial charge in [0.1, 0.15) is 5.75 Å². The van der Waals surface area contributed by atoms with Crippen molar-refractivity contribution in [3.63, 3.8) is 0 Å². The monoisotopic (exact) mass is 181 g/mol. The second-order valence-electron chi connectivity index (χ2n) is 3.02. The van der Waals surface area contributed by atoms with Crippen molar-refractivity contribution < 1.29 is 9.84 Å². The molecule has 1 fully saturated rings. The molecule has 2 rings (SSSR count). The Kier molecular flexibility index (Phi) is 4.26. The van der Waals surface area contributed by atoms with E-state index >= 15 is 0 Å². The molecule has 3 nitrogen and oxygen atoms in total. The van der Waals surface area contributed by atoms with Crippen molar-refractivity contribution in [3.05, 3.63) is 24.5 Å². The van der Waals surface area contributed by atoms with Crippen LogP contribution in [-0.4, -0.2) is 23.8 Å². The third-order valence-corrected chi connectivity index (χ3v) is 1.83. The van der Waals surface area contributed by atoms with Crippen molar-refractivity contribution in [2.75, 3.05) is 13.7 Å². The molecule has 0 spiro atoms. The van der Waals surface area contributed by atoms with Gasteiger partial charge in [0.25, 0.3) is 0 Å². The first-order chi connectivity index (χ1) is 6.36. The van der Waals surface area contributed by atoms with Gasteiger partial charge in [-0.2, -0.15) is 0 Å². The molecule has 0 atom stereocenters. The predicted molar refractivity (Wildman–Crippen MR) is 50.6 cm³/mol. The summed E-state index contributed by atoms with van der Waals surface area (Å²) in [5, 5.41) is 8.21. The number of hydrogen-bond acceptors (Lipinski definition) is 3. The molecular formula is C10H15NO2. The van der Waals surface area contributed by atoms with Crippen LogP contribution in [0.2, 0.25) is 0 Å². The summed E-state index contributed by atoms with van der Waals surface area (Å²) in [6.45, 7) is 0.417. The number of aliphatic hydroxyl groups is 1. The summed E-state index contributed by atoms with van der Waals surface area (Å²) in [4.78, 5) is 3.83. The van der Waals surface area contributed by atoms with E-state index in [0.717, 1.165) is 5.75 Å². The van der Waals surface area contributed by atoms with E-state index in [1.165, 1.54) is 12.8 Å². The van der Waals surface area contributed by atoms with Gasteiger partial charge in [-0.3, -0.25) is 4.98 Å². The van der Waals surface area contributed by atoms with Crippen LogP contribution in [0.3, 0.4) is 0 Å². The van der Waals surface area contributed by atoms with Crippen molar-refractivity contribution in [1.82, 2.24) is 4.98 Å². The summed E-state index contributed by atoms with van der Waals surface area (Å²) in [6.07, 6.45) is 5.90. The van der Waals surface area contributed by atoms with Crippen LogP contribution in [0, 0.1) is 5.92 Å². The summed E-state index contributed by atoms with van der Waals surface area (Å²) < 4.78 is 4.85. The largest absolute Gasteiger partial charge is 0.495 e. The first kappa shape index (κ1) is 9.99. The minimum absolute atomic E-state index is 0.417. The van der Waals surface area contributed by atoms with Crippen molar-refractivity contribution in [2.45, 2.75) is 12.8 Å². The molecule has 0 unspecified atom stereocenters. The highest BCUT2D eigenvalue weighted by Gasteiger charge is 2.18. The Balaban J connectivity index is 0.000000145. The maximum Gasteiger partial charge on any atom is 0.137 e. The fourth-order valence-electron chi connectivity index (χ4n) is 0.768. The molecule has 72 valence electrons. The highest BCUT2D eigenvalue weighted by Crippen LogP contribution is 2.27. The van der Waals surface area contributed by atoms with Gasteiger partial charge in [0.05, 0.1) is 13.3 Å². The average molecular weight is 181 g/mol. The number of hydrogen-bond donors (Lipinski definition) is 1. The third-order valence-electron chi connectivity index (χ3n) is 1.83. The average Bonchev–Trinajstić information content (AvgIpc) is 3.03. The number of aromatic nitrogens is 1. The van der Waals surface area contributed by atoms with Crippen LogP contribution in [-0.2, 0) is 0 Å². The Morgan fingerprint density at radius 1 is 1.62 bits per heavy atom. The van der Waals surface area contributed by atoms with Gasteiger partial charge < -0.3 is 9.84 Å². The molecule has 1 aromatic rings. The smallest absolute Gasteiger partial charge is 0.137 e. The first-order valence-electron chi connectivity index (χ1n) is 4.41. The Morgan fingerprint density at radius 3 is 2.62 bits per heavy atom. The lowest BCUT2D eigenvalue weighted by Crippen LogP contribution is -1.80. The third kappa shape index (κ3) is 4.48. The molecule has 0 amide bonds. The lowest BCUT2D eigenvalue weighted by Gasteiger charge is -1.93. The number of rotatable bonds is 2. The first-order valence-corrected chi connectivity index (χ1v) is 4.41. The maximum atomic E-state index is 8.21. The zero-order chi connectivity index (χ0) is 9.52. The SMILES string of the molecule is COc1cccnc1.OCC1CC1. The van der Waals surface area contributed by atoms with Crippen LogP contribution in [0.15, 0.2) is 24.5 Å². The summed E-state index contributed by atoms with van der Waals surface area (Å²) in [5.41, 5.74) is 0. The quantitative estimate of drug-likeness (QED) is 0.751. The fourth-order valence-corrected chi connectivity index (χ4v) is 0.768. The zero-order valence-electron chi connectivity index (χ0n) is 7.81. The highest BCUT2D eigenvalue weighted by atomic mass is 16.5. The van der Waals surface area contributed by atoms with Gasteiger partial charge in [0.2, 0.25) is 0 Å². The molecule has 1 aliphatic rings. The summed E-state index contributed by atoms with van der Waals surface area (Å²) in [5.74, 6) is 1.49. The Hall–Kier alpha value is -1.09. The molecule has 1 saturated carbocycles. The maximum absolute atomic E-state index is 8.21. The molecule has 1 aliphatic carbocycles. The molecule has 0 radical (unpaired) electrons. The molecule has 0 saturated heterocycles.